The number of guanidine groups is 1. The predicted molar refractivity (Wildman–Crippen MR) is 111 cm³/mol. The van der Waals surface area contributed by atoms with Gasteiger partial charge in [0, 0.05) is 38.5 Å². The number of rotatable bonds is 3. The number of likely N-dealkylation sites (tertiary alicyclic amines) is 1. The van der Waals surface area contributed by atoms with E-state index in [1.165, 1.54) is 18.9 Å². The van der Waals surface area contributed by atoms with Crippen LogP contribution in [0.3, 0.4) is 0 Å². The third-order valence-electron chi connectivity index (χ3n) is 5.64. The van der Waals surface area contributed by atoms with Crippen LogP contribution in [0, 0.1) is 17.7 Å². The van der Waals surface area contributed by atoms with Gasteiger partial charge in [-0.2, -0.15) is 0 Å². The highest BCUT2D eigenvalue weighted by atomic mass is 127. The van der Waals surface area contributed by atoms with E-state index in [2.05, 4.69) is 31.1 Å². The van der Waals surface area contributed by atoms with Gasteiger partial charge in [-0.15, -0.1) is 24.0 Å². The molecule has 138 valence electrons. The molecule has 3 heterocycles. The molecule has 2 bridgehead atoms. The maximum absolute atomic E-state index is 13.3. The molecule has 3 fully saturated rings. The van der Waals surface area contributed by atoms with Crippen LogP contribution in [0.4, 0.5) is 4.39 Å². The molecule has 7 heteroatoms. The minimum Gasteiger partial charge on any atom is -0.374 e. The first-order valence-electron chi connectivity index (χ1n) is 8.70. The van der Waals surface area contributed by atoms with Crippen LogP contribution in [0.5, 0.6) is 0 Å². The van der Waals surface area contributed by atoms with Crippen molar-refractivity contribution in [3.63, 3.8) is 0 Å². The van der Waals surface area contributed by atoms with Crippen molar-refractivity contribution < 1.29 is 9.13 Å². The lowest BCUT2D eigenvalue weighted by Crippen LogP contribution is -2.42. The van der Waals surface area contributed by atoms with Crippen molar-refractivity contribution >= 4 is 45.9 Å². The Labute approximate surface area is 173 Å². The average molecular weight is 524 g/mol. The van der Waals surface area contributed by atoms with E-state index in [-0.39, 0.29) is 29.8 Å². The number of hydrogen-bond donors (Lipinski definition) is 1. The van der Waals surface area contributed by atoms with Crippen LogP contribution in [0.1, 0.15) is 18.4 Å². The molecule has 3 aliphatic rings. The van der Waals surface area contributed by atoms with Gasteiger partial charge in [-0.3, -0.25) is 4.99 Å². The molecule has 3 saturated heterocycles. The summed E-state index contributed by atoms with van der Waals surface area (Å²) in [7, 11) is 1.84. The number of benzene rings is 1. The molecule has 4 nitrogen and oxygen atoms in total. The van der Waals surface area contributed by atoms with Crippen LogP contribution < -0.4 is 5.32 Å². The number of aliphatic imine (C=N–C) groups is 1. The Balaban J connectivity index is 0.00000182. The molecule has 1 aromatic carbocycles. The fourth-order valence-corrected chi connectivity index (χ4v) is 4.91. The standard InChI is InChI=1S/C18H23BrFN3O.HI/c1-21-18(22-7-6-11-2-3-15(20)14(19)8-11)23-9-12-13(10-23)17-5-4-16(12)24-17;/h2-3,8,12-13,16-17H,4-7,9-10H2,1H3,(H,21,22);1H. The molecule has 4 rings (SSSR count). The minimum absolute atomic E-state index is 0. The second-order valence-corrected chi connectivity index (χ2v) is 7.85. The lowest BCUT2D eigenvalue weighted by atomic mass is 9.82. The highest BCUT2D eigenvalue weighted by molar-refractivity contribution is 14.0. The molecule has 25 heavy (non-hydrogen) atoms. The van der Waals surface area contributed by atoms with E-state index >= 15 is 0 Å². The first-order valence-corrected chi connectivity index (χ1v) is 9.50. The third-order valence-corrected chi connectivity index (χ3v) is 6.25. The summed E-state index contributed by atoms with van der Waals surface area (Å²) in [5.74, 6) is 2.11. The van der Waals surface area contributed by atoms with Crippen LogP contribution in [-0.4, -0.2) is 49.7 Å². The summed E-state index contributed by atoms with van der Waals surface area (Å²) in [4.78, 5) is 6.83. The van der Waals surface area contributed by atoms with Crippen molar-refractivity contribution in [2.75, 3.05) is 26.7 Å². The Morgan fingerprint density at radius 2 is 2.00 bits per heavy atom. The molecule has 4 atom stereocenters. The highest BCUT2D eigenvalue weighted by Gasteiger charge is 2.53. The smallest absolute Gasteiger partial charge is 0.193 e. The Morgan fingerprint density at radius 1 is 1.32 bits per heavy atom. The number of halogens is 3. The van der Waals surface area contributed by atoms with Gasteiger partial charge in [-0.05, 0) is 52.9 Å². The normalized spacial score (nSPS) is 30.4. The van der Waals surface area contributed by atoms with Gasteiger partial charge < -0.3 is 15.0 Å². The van der Waals surface area contributed by atoms with Crippen LogP contribution in [0.15, 0.2) is 27.7 Å². The fourth-order valence-electron chi connectivity index (χ4n) is 4.48. The molecule has 4 unspecified atom stereocenters. The van der Waals surface area contributed by atoms with E-state index < -0.39 is 0 Å². The zero-order valence-corrected chi connectivity index (χ0v) is 18.2. The SMILES string of the molecule is CN=C(NCCc1ccc(F)c(Br)c1)N1CC2C3CCC(O3)C2C1.I. The summed E-state index contributed by atoms with van der Waals surface area (Å²) < 4.78 is 19.8. The topological polar surface area (TPSA) is 36.9 Å². The van der Waals surface area contributed by atoms with Gasteiger partial charge in [-0.1, -0.05) is 6.07 Å². The first kappa shape index (κ1) is 19.4. The monoisotopic (exact) mass is 523 g/mol. The van der Waals surface area contributed by atoms with Gasteiger partial charge in [0.25, 0.3) is 0 Å². The molecule has 1 aromatic rings. The lowest BCUT2D eigenvalue weighted by molar-refractivity contribution is 0.0767. The number of nitrogens with one attached hydrogen (secondary N) is 1. The van der Waals surface area contributed by atoms with Crippen molar-refractivity contribution in [3.8, 4) is 0 Å². The van der Waals surface area contributed by atoms with Gasteiger partial charge in [0.1, 0.15) is 5.82 Å². The largest absolute Gasteiger partial charge is 0.374 e. The van der Waals surface area contributed by atoms with Crippen molar-refractivity contribution in [2.45, 2.75) is 31.5 Å². The Morgan fingerprint density at radius 3 is 2.60 bits per heavy atom. The summed E-state index contributed by atoms with van der Waals surface area (Å²) in [6, 6.07) is 5.18. The van der Waals surface area contributed by atoms with Gasteiger partial charge in [0.2, 0.25) is 0 Å². The quantitative estimate of drug-likeness (QED) is 0.374. The van der Waals surface area contributed by atoms with E-state index in [4.69, 9.17) is 4.74 Å². The second kappa shape index (κ2) is 8.08. The summed E-state index contributed by atoms with van der Waals surface area (Å²) in [5.41, 5.74) is 1.11. The molecular formula is C18H24BrFIN3O. The highest BCUT2D eigenvalue weighted by Crippen LogP contribution is 2.47. The van der Waals surface area contributed by atoms with Gasteiger partial charge >= 0.3 is 0 Å². The molecular weight excluding hydrogens is 500 g/mol. The van der Waals surface area contributed by atoms with Crippen molar-refractivity contribution in [2.24, 2.45) is 16.8 Å². The summed E-state index contributed by atoms with van der Waals surface area (Å²) >= 11 is 3.24. The molecule has 0 aromatic heterocycles. The molecule has 0 amide bonds. The molecule has 0 saturated carbocycles. The Bertz CT molecular complexity index is 641. The number of fused-ring (bicyclic) bond motifs is 5. The van der Waals surface area contributed by atoms with Crippen molar-refractivity contribution in [3.05, 3.63) is 34.1 Å². The van der Waals surface area contributed by atoms with Gasteiger partial charge in [0.05, 0.1) is 16.7 Å². The summed E-state index contributed by atoms with van der Waals surface area (Å²) in [5, 5.41) is 3.46. The molecule has 0 spiro atoms. The van der Waals surface area contributed by atoms with Gasteiger partial charge in [-0.25, -0.2) is 4.39 Å². The Hall–Kier alpha value is -0.410. The maximum Gasteiger partial charge on any atom is 0.193 e. The van der Waals surface area contributed by atoms with E-state index in [1.54, 1.807) is 0 Å². The van der Waals surface area contributed by atoms with Gasteiger partial charge in [0.15, 0.2) is 5.96 Å². The van der Waals surface area contributed by atoms with Crippen LogP contribution in [-0.2, 0) is 11.2 Å². The first-order chi connectivity index (χ1) is 11.7. The summed E-state index contributed by atoms with van der Waals surface area (Å²) in [6.45, 7) is 2.89. The minimum atomic E-state index is -0.219. The second-order valence-electron chi connectivity index (χ2n) is 7.00. The predicted octanol–water partition coefficient (Wildman–Crippen LogP) is 3.43. The van der Waals surface area contributed by atoms with Crippen LogP contribution in [0.25, 0.3) is 0 Å². The number of nitrogens with zero attached hydrogens (tertiary/aromatic N) is 2. The van der Waals surface area contributed by atoms with Crippen molar-refractivity contribution in [1.29, 1.82) is 0 Å². The average Bonchev–Trinajstić information content (AvgIpc) is 3.27. The molecule has 0 aliphatic carbocycles. The zero-order chi connectivity index (χ0) is 16.7. The van der Waals surface area contributed by atoms with E-state index in [0.29, 0.717) is 28.5 Å². The van der Waals surface area contributed by atoms with Crippen LogP contribution in [0.2, 0.25) is 0 Å². The van der Waals surface area contributed by atoms with Crippen LogP contribution >= 0.6 is 39.9 Å². The lowest BCUT2D eigenvalue weighted by Gasteiger charge is -2.23. The van der Waals surface area contributed by atoms with E-state index in [1.807, 2.05) is 19.2 Å². The zero-order valence-electron chi connectivity index (χ0n) is 14.3. The fraction of sp³-hybridized carbons (Fsp3) is 0.611. The Kier molecular flexibility index (Phi) is 6.26. The van der Waals surface area contributed by atoms with E-state index in [0.717, 1.165) is 37.6 Å². The molecule has 3 aliphatic heterocycles. The summed E-state index contributed by atoms with van der Waals surface area (Å²) in [6.07, 6.45) is 4.24. The van der Waals surface area contributed by atoms with Crippen molar-refractivity contribution in [1.82, 2.24) is 10.2 Å². The number of ether oxygens (including phenoxy) is 1. The van der Waals surface area contributed by atoms with E-state index in [9.17, 15) is 4.39 Å². The third kappa shape index (κ3) is 3.83. The number of hydrogen-bond acceptors (Lipinski definition) is 2. The molecule has 1 N–H and O–H groups in total. The maximum atomic E-state index is 13.3. The molecule has 0 radical (unpaired) electrons.